The summed E-state index contributed by atoms with van der Waals surface area (Å²) in [6.45, 7) is 1.41. The number of esters is 1. The largest absolute Gasteiger partial charge is 0.488 e. The monoisotopic (exact) mass is 276 g/mol. The van der Waals surface area contributed by atoms with Crippen LogP contribution >= 0.6 is 0 Å². The van der Waals surface area contributed by atoms with Crippen molar-refractivity contribution in [3.63, 3.8) is 0 Å². The van der Waals surface area contributed by atoms with Crippen molar-refractivity contribution in [2.24, 2.45) is 0 Å². The summed E-state index contributed by atoms with van der Waals surface area (Å²) in [5.41, 5.74) is -1.46. The second-order valence-electron chi connectivity index (χ2n) is 3.22. The van der Waals surface area contributed by atoms with Gasteiger partial charge in [0, 0.05) is 0 Å². The molecule has 0 spiro atoms. The first kappa shape index (κ1) is 14.7. The molecule has 0 unspecified atom stereocenters. The number of carbonyl (C=O) groups is 1. The molecule has 0 aromatic carbocycles. The maximum absolute atomic E-state index is 12.8. The predicted octanol–water partition coefficient (Wildman–Crippen LogP) is 2.11. The van der Waals surface area contributed by atoms with Gasteiger partial charge in [-0.05, 0) is 16.8 Å². The van der Waals surface area contributed by atoms with E-state index in [1.54, 1.807) is 0 Å². The molecule has 0 saturated carbocycles. The van der Waals surface area contributed by atoms with E-state index in [1.807, 2.05) is 0 Å². The van der Waals surface area contributed by atoms with Gasteiger partial charge in [0.25, 0.3) is 6.43 Å². The summed E-state index contributed by atoms with van der Waals surface area (Å²) in [5, 5.41) is 10.7. The summed E-state index contributed by atoms with van der Waals surface area (Å²) >= 11 is 0. The molecule has 0 saturated heterocycles. The van der Waals surface area contributed by atoms with E-state index in [1.165, 1.54) is 6.92 Å². The van der Waals surface area contributed by atoms with E-state index in [0.29, 0.717) is 6.20 Å². The van der Waals surface area contributed by atoms with Crippen LogP contribution in [0.3, 0.4) is 0 Å². The lowest BCUT2D eigenvalue weighted by atomic mass is 10.1. The van der Waals surface area contributed by atoms with Gasteiger partial charge in [-0.15, -0.1) is 0 Å². The zero-order chi connectivity index (χ0) is 14.6. The number of nitro groups is 1. The fourth-order valence-corrected chi connectivity index (χ4v) is 1.40. The lowest BCUT2D eigenvalue weighted by molar-refractivity contribution is -0.390. The lowest BCUT2D eigenvalue weighted by Crippen LogP contribution is -2.13. The zero-order valence-corrected chi connectivity index (χ0v) is 10.1. The van der Waals surface area contributed by atoms with E-state index in [4.69, 9.17) is 0 Å². The molecule has 1 aromatic heterocycles. The number of pyridine rings is 1. The van der Waals surface area contributed by atoms with Crippen LogP contribution in [0.25, 0.3) is 0 Å². The normalized spacial score (nSPS) is 10.4. The Morgan fingerprint density at radius 2 is 2.21 bits per heavy atom. The number of rotatable bonds is 5. The molecule has 0 radical (unpaired) electrons. The van der Waals surface area contributed by atoms with E-state index in [0.717, 1.165) is 7.11 Å². The third-order valence-corrected chi connectivity index (χ3v) is 2.14. The Morgan fingerprint density at radius 1 is 1.58 bits per heavy atom. The second kappa shape index (κ2) is 6.03. The molecule has 0 amide bonds. The van der Waals surface area contributed by atoms with Crippen LogP contribution in [0, 0.1) is 10.1 Å². The molecule has 0 aliphatic rings. The van der Waals surface area contributed by atoms with Crippen molar-refractivity contribution in [3.05, 3.63) is 27.4 Å². The number of alkyl halides is 2. The van der Waals surface area contributed by atoms with Crippen LogP contribution < -0.4 is 4.74 Å². The molecule has 0 atom stereocenters. The van der Waals surface area contributed by atoms with Crippen LogP contribution in [-0.2, 0) is 4.74 Å². The molecule has 7 nitrogen and oxygen atoms in total. The maximum Gasteiger partial charge on any atom is 0.407 e. The van der Waals surface area contributed by atoms with Crippen LogP contribution in [-0.4, -0.2) is 29.6 Å². The Balaban J connectivity index is 3.54. The number of ether oxygens (including phenoxy) is 2. The summed E-state index contributed by atoms with van der Waals surface area (Å²) in [6.07, 6.45) is -2.47. The van der Waals surface area contributed by atoms with Crippen LogP contribution in [0.15, 0.2) is 6.20 Å². The van der Waals surface area contributed by atoms with E-state index in [9.17, 15) is 23.7 Å². The standard InChI is InChI=1S/C10H10F2N2O5/c1-3-19-10(15)6-5(8(11)12)4-13-9(14(16)17)7(6)18-2/h4,8H,3H2,1-2H3. The van der Waals surface area contributed by atoms with Crippen molar-refractivity contribution >= 4 is 11.8 Å². The van der Waals surface area contributed by atoms with Gasteiger partial charge < -0.3 is 19.6 Å². The molecule has 1 rings (SSSR count). The van der Waals surface area contributed by atoms with Gasteiger partial charge in [0.05, 0.1) is 19.3 Å². The number of aromatic nitrogens is 1. The Hall–Kier alpha value is -2.32. The fourth-order valence-electron chi connectivity index (χ4n) is 1.40. The molecule has 0 bridgehead atoms. The van der Waals surface area contributed by atoms with Crippen molar-refractivity contribution in [1.29, 1.82) is 0 Å². The minimum Gasteiger partial charge on any atom is -0.488 e. The molecule has 0 N–H and O–H groups in total. The average Bonchev–Trinajstić information content (AvgIpc) is 2.36. The number of methoxy groups -OCH3 is 1. The van der Waals surface area contributed by atoms with Crippen molar-refractivity contribution in [2.45, 2.75) is 13.3 Å². The summed E-state index contributed by atoms with van der Waals surface area (Å²) in [6, 6.07) is 0. The van der Waals surface area contributed by atoms with Gasteiger partial charge in [0.15, 0.2) is 0 Å². The highest BCUT2D eigenvalue weighted by atomic mass is 19.3. The highest BCUT2D eigenvalue weighted by Gasteiger charge is 2.32. The van der Waals surface area contributed by atoms with Gasteiger partial charge in [0.2, 0.25) is 5.75 Å². The maximum atomic E-state index is 12.8. The number of nitrogens with zero attached hydrogens (tertiary/aromatic N) is 2. The highest BCUT2D eigenvalue weighted by Crippen LogP contribution is 2.35. The molecule has 0 aliphatic heterocycles. The van der Waals surface area contributed by atoms with Gasteiger partial charge in [-0.2, -0.15) is 0 Å². The van der Waals surface area contributed by atoms with E-state index < -0.39 is 40.0 Å². The lowest BCUT2D eigenvalue weighted by Gasteiger charge is -2.11. The molecule has 1 aromatic rings. The van der Waals surface area contributed by atoms with Crippen molar-refractivity contribution < 1.29 is 28.0 Å². The smallest absolute Gasteiger partial charge is 0.407 e. The first-order valence-electron chi connectivity index (χ1n) is 5.10. The first-order chi connectivity index (χ1) is 8.93. The summed E-state index contributed by atoms with van der Waals surface area (Å²) in [5.74, 6) is -2.59. The molecule has 9 heteroatoms. The molecule has 19 heavy (non-hydrogen) atoms. The third-order valence-electron chi connectivity index (χ3n) is 2.14. The van der Waals surface area contributed by atoms with Crippen molar-refractivity contribution in [2.75, 3.05) is 13.7 Å². The fraction of sp³-hybridized carbons (Fsp3) is 0.400. The number of hydrogen-bond acceptors (Lipinski definition) is 6. The molecule has 1 heterocycles. The van der Waals surface area contributed by atoms with Gasteiger partial charge in [0.1, 0.15) is 11.8 Å². The summed E-state index contributed by atoms with van der Waals surface area (Å²) in [7, 11) is 1.02. The van der Waals surface area contributed by atoms with E-state index in [2.05, 4.69) is 14.5 Å². The first-order valence-corrected chi connectivity index (χ1v) is 5.10. The Labute approximate surface area is 106 Å². The number of hydrogen-bond donors (Lipinski definition) is 0. The van der Waals surface area contributed by atoms with E-state index in [-0.39, 0.29) is 6.61 Å². The Morgan fingerprint density at radius 3 is 2.63 bits per heavy atom. The Bertz CT molecular complexity index is 507. The number of halogens is 2. The second-order valence-corrected chi connectivity index (χ2v) is 3.22. The molecule has 0 fully saturated rings. The number of carbonyl (C=O) groups excluding carboxylic acids is 1. The minimum atomic E-state index is -3.04. The third kappa shape index (κ3) is 2.92. The molecular weight excluding hydrogens is 266 g/mol. The van der Waals surface area contributed by atoms with Crippen molar-refractivity contribution in [1.82, 2.24) is 4.98 Å². The van der Waals surface area contributed by atoms with Crippen LogP contribution in [0.1, 0.15) is 29.3 Å². The summed E-state index contributed by atoms with van der Waals surface area (Å²) < 4.78 is 34.9. The van der Waals surface area contributed by atoms with Crippen LogP contribution in [0.2, 0.25) is 0 Å². The zero-order valence-electron chi connectivity index (χ0n) is 10.1. The minimum absolute atomic E-state index is 0.0687. The topological polar surface area (TPSA) is 91.6 Å². The molecule has 0 aliphatic carbocycles. The SMILES string of the molecule is CCOC(=O)c1c(C(F)F)cnc([N+](=O)[O-])c1OC. The quantitative estimate of drug-likeness (QED) is 0.464. The van der Waals surface area contributed by atoms with Gasteiger partial charge >= 0.3 is 11.8 Å². The van der Waals surface area contributed by atoms with E-state index >= 15 is 0 Å². The van der Waals surface area contributed by atoms with Crippen molar-refractivity contribution in [3.8, 4) is 5.75 Å². The predicted molar refractivity (Wildman–Crippen MR) is 58.4 cm³/mol. The van der Waals surface area contributed by atoms with Gasteiger partial charge in [-0.25, -0.2) is 13.6 Å². The highest BCUT2D eigenvalue weighted by molar-refractivity contribution is 5.95. The summed E-state index contributed by atoms with van der Waals surface area (Å²) in [4.78, 5) is 24.7. The van der Waals surface area contributed by atoms with Gasteiger partial charge in [-0.3, -0.25) is 0 Å². The molecular formula is C10H10F2N2O5. The average molecular weight is 276 g/mol. The van der Waals surface area contributed by atoms with Gasteiger partial charge in [-0.1, -0.05) is 0 Å². The Kier molecular flexibility index (Phi) is 4.67. The van der Waals surface area contributed by atoms with Crippen LogP contribution in [0.4, 0.5) is 14.6 Å². The molecule has 104 valence electrons. The van der Waals surface area contributed by atoms with Crippen LogP contribution in [0.5, 0.6) is 5.75 Å².